The molecule has 106 valence electrons. The number of amides is 3. The summed E-state index contributed by atoms with van der Waals surface area (Å²) in [6, 6.07) is -0.710. The first-order valence-electron chi connectivity index (χ1n) is 5.96. The maximum atomic E-state index is 11.5. The molecule has 0 aliphatic carbocycles. The van der Waals surface area contributed by atoms with Gasteiger partial charge in [-0.1, -0.05) is 0 Å². The minimum Gasteiger partial charge on any atom is -0.385 e. The smallest absolute Gasteiger partial charge is 0.316 e. The summed E-state index contributed by atoms with van der Waals surface area (Å²) in [6.07, 6.45) is 1.34. The lowest BCUT2D eigenvalue weighted by atomic mass is 10.1. The summed E-state index contributed by atoms with van der Waals surface area (Å²) in [5.74, 6) is -0.204. The van der Waals surface area contributed by atoms with E-state index in [1.165, 1.54) is 4.90 Å². The second-order valence-corrected chi connectivity index (χ2v) is 4.16. The molecule has 18 heavy (non-hydrogen) atoms. The van der Waals surface area contributed by atoms with E-state index in [0.717, 1.165) is 6.42 Å². The fraction of sp³-hybridized carbons (Fsp3) is 0.818. The largest absolute Gasteiger partial charge is 0.385 e. The molecule has 0 aromatic rings. The summed E-state index contributed by atoms with van der Waals surface area (Å²) in [4.78, 5) is 24.1. The molecule has 0 aliphatic rings. The highest BCUT2D eigenvalue weighted by molar-refractivity contribution is 5.81. The minimum atomic E-state index is -0.523. The van der Waals surface area contributed by atoms with Crippen molar-refractivity contribution in [1.29, 1.82) is 0 Å². The van der Waals surface area contributed by atoms with Crippen molar-refractivity contribution in [2.45, 2.75) is 18.9 Å². The van der Waals surface area contributed by atoms with Crippen molar-refractivity contribution in [2.75, 3.05) is 40.9 Å². The number of ether oxygens (including phenoxy) is 1. The molecule has 0 fully saturated rings. The Balaban J connectivity index is 3.60. The predicted molar refractivity (Wildman–Crippen MR) is 69.2 cm³/mol. The number of carbonyl (C=O) groups excluding carboxylic acids is 2. The molecule has 0 rings (SSSR count). The van der Waals surface area contributed by atoms with Crippen LogP contribution in [0, 0.1) is 0 Å². The summed E-state index contributed by atoms with van der Waals surface area (Å²) < 4.78 is 4.88. The number of urea groups is 1. The molecule has 4 N–H and O–H groups in total. The molecule has 0 spiro atoms. The van der Waals surface area contributed by atoms with Crippen LogP contribution in [-0.2, 0) is 9.53 Å². The molecule has 0 heterocycles. The summed E-state index contributed by atoms with van der Waals surface area (Å²) in [5.41, 5.74) is 5.69. The summed E-state index contributed by atoms with van der Waals surface area (Å²) >= 11 is 0. The molecule has 3 amide bonds. The SMILES string of the molecule is COCCCC(N)C(=O)NCCNC(=O)N(C)C. The van der Waals surface area contributed by atoms with Crippen LogP contribution < -0.4 is 16.4 Å². The first kappa shape index (κ1) is 16.7. The van der Waals surface area contributed by atoms with E-state index >= 15 is 0 Å². The average Bonchev–Trinajstić information content (AvgIpc) is 2.33. The van der Waals surface area contributed by atoms with Crippen LogP contribution in [0.1, 0.15) is 12.8 Å². The third-order valence-electron chi connectivity index (χ3n) is 2.31. The van der Waals surface area contributed by atoms with Gasteiger partial charge in [-0.3, -0.25) is 4.79 Å². The molecule has 0 saturated carbocycles. The molecule has 0 radical (unpaired) electrons. The van der Waals surface area contributed by atoms with Crippen molar-refractivity contribution in [2.24, 2.45) is 5.73 Å². The van der Waals surface area contributed by atoms with Crippen LogP contribution in [0.3, 0.4) is 0 Å². The van der Waals surface area contributed by atoms with E-state index in [2.05, 4.69) is 10.6 Å². The highest BCUT2D eigenvalue weighted by Crippen LogP contribution is 1.94. The van der Waals surface area contributed by atoms with Gasteiger partial charge in [-0.2, -0.15) is 0 Å². The van der Waals surface area contributed by atoms with Crippen LogP contribution in [-0.4, -0.2) is 63.8 Å². The second kappa shape index (κ2) is 9.67. The molecule has 0 aromatic heterocycles. The highest BCUT2D eigenvalue weighted by atomic mass is 16.5. The van der Waals surface area contributed by atoms with Crippen molar-refractivity contribution in [3.63, 3.8) is 0 Å². The van der Waals surface area contributed by atoms with Crippen molar-refractivity contribution >= 4 is 11.9 Å². The maximum absolute atomic E-state index is 11.5. The molecule has 7 nitrogen and oxygen atoms in total. The number of methoxy groups -OCH3 is 1. The number of carbonyl (C=O) groups is 2. The Morgan fingerprint density at radius 1 is 1.28 bits per heavy atom. The van der Waals surface area contributed by atoms with Gasteiger partial charge in [0.1, 0.15) is 0 Å². The molecule has 0 aliphatic heterocycles. The quantitative estimate of drug-likeness (QED) is 0.494. The third kappa shape index (κ3) is 7.86. The minimum absolute atomic E-state index is 0.186. The highest BCUT2D eigenvalue weighted by Gasteiger charge is 2.12. The lowest BCUT2D eigenvalue weighted by molar-refractivity contribution is -0.122. The van der Waals surface area contributed by atoms with Crippen LogP contribution in [0.4, 0.5) is 4.79 Å². The standard InChI is InChI=1S/C11H24N4O3/c1-15(2)11(17)14-7-6-13-10(16)9(12)5-4-8-18-3/h9H,4-8,12H2,1-3H3,(H,13,16)(H,14,17). The Morgan fingerprint density at radius 3 is 2.44 bits per heavy atom. The van der Waals surface area contributed by atoms with Gasteiger partial charge < -0.3 is 26.0 Å². The van der Waals surface area contributed by atoms with E-state index in [-0.39, 0.29) is 11.9 Å². The van der Waals surface area contributed by atoms with Crippen LogP contribution in [0.25, 0.3) is 0 Å². The van der Waals surface area contributed by atoms with E-state index in [9.17, 15) is 9.59 Å². The molecule has 7 heteroatoms. The number of nitrogens with zero attached hydrogens (tertiary/aromatic N) is 1. The van der Waals surface area contributed by atoms with Crippen molar-refractivity contribution in [3.8, 4) is 0 Å². The Labute approximate surface area is 108 Å². The Kier molecular flexibility index (Phi) is 8.95. The van der Waals surface area contributed by atoms with Gasteiger partial charge in [-0.25, -0.2) is 4.79 Å². The van der Waals surface area contributed by atoms with Gasteiger partial charge in [-0.05, 0) is 12.8 Å². The molecular formula is C11H24N4O3. The van der Waals surface area contributed by atoms with Gasteiger partial charge in [0.15, 0.2) is 0 Å². The Bertz CT molecular complexity index is 259. The molecular weight excluding hydrogens is 236 g/mol. The zero-order valence-corrected chi connectivity index (χ0v) is 11.4. The van der Waals surface area contributed by atoms with Gasteiger partial charge >= 0.3 is 6.03 Å². The fourth-order valence-corrected chi connectivity index (χ4v) is 1.22. The molecule has 0 saturated heterocycles. The lowest BCUT2D eigenvalue weighted by Crippen LogP contribution is -2.44. The molecule has 0 bridgehead atoms. The van der Waals surface area contributed by atoms with Gasteiger partial charge in [0.05, 0.1) is 6.04 Å². The van der Waals surface area contributed by atoms with Crippen molar-refractivity contribution in [3.05, 3.63) is 0 Å². The first-order chi connectivity index (χ1) is 8.49. The van der Waals surface area contributed by atoms with E-state index in [1.54, 1.807) is 21.2 Å². The van der Waals surface area contributed by atoms with E-state index in [0.29, 0.717) is 26.1 Å². The second-order valence-electron chi connectivity index (χ2n) is 4.16. The van der Waals surface area contributed by atoms with E-state index in [4.69, 9.17) is 10.5 Å². The predicted octanol–water partition coefficient (Wildman–Crippen LogP) is -0.872. The third-order valence-corrected chi connectivity index (χ3v) is 2.31. The van der Waals surface area contributed by atoms with Crippen LogP contribution in [0.2, 0.25) is 0 Å². The molecule has 1 atom stereocenters. The van der Waals surface area contributed by atoms with Gasteiger partial charge in [0, 0.05) is 40.9 Å². The molecule has 0 aromatic carbocycles. The first-order valence-corrected chi connectivity index (χ1v) is 5.96. The van der Waals surface area contributed by atoms with Crippen molar-refractivity contribution < 1.29 is 14.3 Å². The summed E-state index contributed by atoms with van der Waals surface area (Å²) in [5, 5.41) is 5.31. The summed E-state index contributed by atoms with van der Waals surface area (Å²) in [7, 11) is 4.91. The number of nitrogens with two attached hydrogens (primary N) is 1. The topological polar surface area (TPSA) is 96.7 Å². The Morgan fingerprint density at radius 2 is 1.89 bits per heavy atom. The Hall–Kier alpha value is -1.34. The van der Waals surface area contributed by atoms with Crippen LogP contribution in [0.15, 0.2) is 0 Å². The van der Waals surface area contributed by atoms with Crippen LogP contribution in [0.5, 0.6) is 0 Å². The summed E-state index contributed by atoms with van der Waals surface area (Å²) in [6.45, 7) is 1.35. The van der Waals surface area contributed by atoms with Crippen LogP contribution >= 0.6 is 0 Å². The normalized spacial score (nSPS) is 11.8. The van der Waals surface area contributed by atoms with Gasteiger partial charge in [0.2, 0.25) is 5.91 Å². The average molecular weight is 260 g/mol. The van der Waals surface area contributed by atoms with E-state index < -0.39 is 6.04 Å². The zero-order valence-electron chi connectivity index (χ0n) is 11.4. The number of hydrogen-bond acceptors (Lipinski definition) is 4. The van der Waals surface area contributed by atoms with Crippen molar-refractivity contribution in [1.82, 2.24) is 15.5 Å². The lowest BCUT2D eigenvalue weighted by Gasteiger charge is -2.14. The fourth-order valence-electron chi connectivity index (χ4n) is 1.22. The monoisotopic (exact) mass is 260 g/mol. The number of rotatable bonds is 8. The number of hydrogen-bond donors (Lipinski definition) is 3. The van der Waals surface area contributed by atoms with E-state index in [1.807, 2.05) is 0 Å². The van der Waals surface area contributed by atoms with Gasteiger partial charge in [0.25, 0.3) is 0 Å². The number of nitrogens with one attached hydrogen (secondary N) is 2. The zero-order chi connectivity index (χ0) is 14.0. The molecule has 1 unspecified atom stereocenters. The maximum Gasteiger partial charge on any atom is 0.316 e. The van der Waals surface area contributed by atoms with Gasteiger partial charge in [-0.15, -0.1) is 0 Å².